The lowest BCUT2D eigenvalue weighted by Crippen LogP contribution is -2.31. The average molecular weight is 182 g/mol. The van der Waals surface area contributed by atoms with Crippen molar-refractivity contribution in [2.45, 2.75) is 26.3 Å². The minimum atomic E-state index is 0.454. The van der Waals surface area contributed by atoms with Crippen LogP contribution in [0, 0.1) is 5.92 Å². The van der Waals surface area contributed by atoms with Crippen LogP contribution >= 0.6 is 0 Å². The van der Waals surface area contributed by atoms with Crippen LogP contribution in [0.3, 0.4) is 0 Å². The smallest absolute Gasteiger partial charge is 0.0219 e. The van der Waals surface area contributed by atoms with Crippen LogP contribution in [0.5, 0.6) is 0 Å². The number of hydrogen-bond donors (Lipinski definition) is 1. The van der Waals surface area contributed by atoms with Gasteiger partial charge < -0.3 is 10.2 Å². The molecule has 2 unspecified atom stereocenters. The van der Waals surface area contributed by atoms with E-state index in [-0.39, 0.29) is 0 Å². The Hall–Kier alpha value is -0.340. The number of rotatable bonds is 5. The van der Waals surface area contributed by atoms with Crippen molar-refractivity contribution in [2.24, 2.45) is 5.92 Å². The van der Waals surface area contributed by atoms with Crippen molar-refractivity contribution in [1.82, 2.24) is 10.2 Å². The molecule has 0 bridgehead atoms. The SMILES string of the molecule is C=CC(C)NCC1CCN(CC)C1. The number of nitrogens with zero attached hydrogens (tertiary/aromatic N) is 1. The maximum absolute atomic E-state index is 3.76. The molecule has 0 amide bonds. The molecule has 0 aromatic heterocycles. The molecule has 0 spiro atoms. The molecule has 2 nitrogen and oxygen atoms in total. The molecule has 2 heteroatoms. The van der Waals surface area contributed by atoms with Gasteiger partial charge in [-0.3, -0.25) is 0 Å². The highest BCUT2D eigenvalue weighted by molar-refractivity contribution is 4.84. The third-order valence-electron chi connectivity index (χ3n) is 2.90. The molecule has 1 N–H and O–H groups in total. The molecule has 76 valence electrons. The highest BCUT2D eigenvalue weighted by Gasteiger charge is 2.20. The van der Waals surface area contributed by atoms with E-state index in [1.54, 1.807) is 0 Å². The minimum Gasteiger partial charge on any atom is -0.310 e. The summed E-state index contributed by atoms with van der Waals surface area (Å²) in [4.78, 5) is 2.52. The molecule has 0 aromatic carbocycles. The van der Waals surface area contributed by atoms with Gasteiger partial charge in [0.25, 0.3) is 0 Å². The highest BCUT2D eigenvalue weighted by Crippen LogP contribution is 2.14. The van der Waals surface area contributed by atoms with E-state index < -0.39 is 0 Å². The summed E-state index contributed by atoms with van der Waals surface area (Å²) in [6, 6.07) is 0.454. The minimum absolute atomic E-state index is 0.454. The predicted octanol–water partition coefficient (Wildman–Crippen LogP) is 1.49. The van der Waals surface area contributed by atoms with E-state index in [9.17, 15) is 0 Å². The van der Waals surface area contributed by atoms with Gasteiger partial charge in [-0.15, -0.1) is 6.58 Å². The summed E-state index contributed by atoms with van der Waals surface area (Å²) in [6.45, 7) is 13.1. The summed E-state index contributed by atoms with van der Waals surface area (Å²) < 4.78 is 0. The Kier molecular flexibility index (Phi) is 4.46. The summed E-state index contributed by atoms with van der Waals surface area (Å²) in [5, 5.41) is 3.47. The zero-order valence-electron chi connectivity index (χ0n) is 8.92. The lowest BCUT2D eigenvalue weighted by atomic mass is 10.1. The Balaban J connectivity index is 2.13. The summed E-state index contributed by atoms with van der Waals surface area (Å²) in [5.41, 5.74) is 0. The fraction of sp³-hybridized carbons (Fsp3) is 0.818. The van der Waals surface area contributed by atoms with E-state index in [0.717, 1.165) is 12.5 Å². The quantitative estimate of drug-likeness (QED) is 0.648. The molecule has 13 heavy (non-hydrogen) atoms. The molecule has 0 radical (unpaired) electrons. The van der Waals surface area contributed by atoms with Crippen molar-refractivity contribution >= 4 is 0 Å². The monoisotopic (exact) mass is 182 g/mol. The number of hydrogen-bond acceptors (Lipinski definition) is 2. The van der Waals surface area contributed by atoms with Crippen LogP contribution < -0.4 is 5.32 Å². The molecule has 1 aliphatic rings. The average Bonchev–Trinajstić information content (AvgIpc) is 2.61. The second-order valence-electron chi connectivity index (χ2n) is 3.98. The van der Waals surface area contributed by atoms with Gasteiger partial charge in [0.15, 0.2) is 0 Å². The van der Waals surface area contributed by atoms with Crippen LogP contribution in [0.15, 0.2) is 12.7 Å². The third kappa shape index (κ3) is 3.49. The van der Waals surface area contributed by atoms with Gasteiger partial charge in [-0.05, 0) is 38.9 Å². The molecule has 0 saturated carbocycles. The molecular formula is C11H22N2. The van der Waals surface area contributed by atoms with Gasteiger partial charge in [0, 0.05) is 12.6 Å². The first kappa shape index (κ1) is 10.7. The van der Waals surface area contributed by atoms with Crippen molar-refractivity contribution < 1.29 is 0 Å². The molecular weight excluding hydrogens is 160 g/mol. The molecule has 1 saturated heterocycles. The number of nitrogens with one attached hydrogen (secondary N) is 1. The predicted molar refractivity (Wildman–Crippen MR) is 57.9 cm³/mol. The van der Waals surface area contributed by atoms with Gasteiger partial charge in [-0.2, -0.15) is 0 Å². The highest BCUT2D eigenvalue weighted by atomic mass is 15.1. The Morgan fingerprint density at radius 1 is 1.69 bits per heavy atom. The fourth-order valence-electron chi connectivity index (χ4n) is 1.80. The van der Waals surface area contributed by atoms with Crippen molar-refractivity contribution in [3.05, 3.63) is 12.7 Å². The summed E-state index contributed by atoms with van der Waals surface area (Å²) in [6.07, 6.45) is 3.32. The van der Waals surface area contributed by atoms with E-state index in [4.69, 9.17) is 0 Å². The normalized spacial score (nSPS) is 26.2. The maximum Gasteiger partial charge on any atom is 0.0219 e. The number of likely N-dealkylation sites (tertiary alicyclic amines) is 1. The standard InChI is InChI=1S/C11H22N2/c1-4-10(3)12-8-11-6-7-13(5-2)9-11/h4,10-12H,1,5-9H2,2-3H3. The van der Waals surface area contributed by atoms with Crippen LogP contribution in [-0.4, -0.2) is 37.1 Å². The van der Waals surface area contributed by atoms with Crippen LogP contribution in [0.1, 0.15) is 20.3 Å². The Labute approximate surface area is 82.0 Å². The molecule has 1 rings (SSSR count). The zero-order valence-corrected chi connectivity index (χ0v) is 8.92. The summed E-state index contributed by atoms with van der Waals surface area (Å²) in [7, 11) is 0. The Bertz CT molecular complexity index is 156. The zero-order chi connectivity index (χ0) is 9.68. The molecule has 0 aliphatic carbocycles. The van der Waals surface area contributed by atoms with Crippen LogP contribution in [0.2, 0.25) is 0 Å². The first-order valence-electron chi connectivity index (χ1n) is 5.34. The molecule has 2 atom stereocenters. The van der Waals surface area contributed by atoms with Gasteiger partial charge in [0.2, 0.25) is 0 Å². The van der Waals surface area contributed by atoms with Crippen LogP contribution in [0.4, 0.5) is 0 Å². The van der Waals surface area contributed by atoms with Crippen molar-refractivity contribution in [1.29, 1.82) is 0 Å². The van der Waals surface area contributed by atoms with E-state index >= 15 is 0 Å². The van der Waals surface area contributed by atoms with E-state index in [0.29, 0.717) is 6.04 Å². The maximum atomic E-state index is 3.76. The largest absolute Gasteiger partial charge is 0.310 e. The first-order chi connectivity index (χ1) is 6.26. The summed E-state index contributed by atoms with van der Waals surface area (Å²) >= 11 is 0. The van der Waals surface area contributed by atoms with Crippen molar-refractivity contribution in [3.63, 3.8) is 0 Å². The molecule has 1 fully saturated rings. The van der Waals surface area contributed by atoms with Crippen LogP contribution in [-0.2, 0) is 0 Å². The van der Waals surface area contributed by atoms with Gasteiger partial charge in [0.05, 0.1) is 0 Å². The van der Waals surface area contributed by atoms with Gasteiger partial charge >= 0.3 is 0 Å². The topological polar surface area (TPSA) is 15.3 Å². The second-order valence-corrected chi connectivity index (χ2v) is 3.98. The van der Waals surface area contributed by atoms with Crippen molar-refractivity contribution in [3.8, 4) is 0 Å². The Morgan fingerprint density at radius 3 is 3.00 bits per heavy atom. The second kappa shape index (κ2) is 5.40. The van der Waals surface area contributed by atoms with Gasteiger partial charge in [-0.25, -0.2) is 0 Å². The molecule has 1 aliphatic heterocycles. The van der Waals surface area contributed by atoms with Gasteiger partial charge in [-0.1, -0.05) is 13.0 Å². The van der Waals surface area contributed by atoms with Gasteiger partial charge in [0.1, 0.15) is 0 Å². The Morgan fingerprint density at radius 2 is 2.46 bits per heavy atom. The lowest BCUT2D eigenvalue weighted by molar-refractivity contribution is 0.338. The third-order valence-corrected chi connectivity index (χ3v) is 2.90. The molecule has 1 heterocycles. The van der Waals surface area contributed by atoms with E-state index in [1.165, 1.54) is 26.1 Å². The lowest BCUT2D eigenvalue weighted by Gasteiger charge is -2.15. The first-order valence-corrected chi connectivity index (χ1v) is 5.34. The van der Waals surface area contributed by atoms with E-state index in [1.807, 2.05) is 6.08 Å². The fourth-order valence-corrected chi connectivity index (χ4v) is 1.80. The summed E-state index contributed by atoms with van der Waals surface area (Å²) in [5.74, 6) is 0.849. The van der Waals surface area contributed by atoms with E-state index in [2.05, 4.69) is 30.6 Å². The molecule has 0 aromatic rings. The van der Waals surface area contributed by atoms with Crippen molar-refractivity contribution in [2.75, 3.05) is 26.2 Å². The van der Waals surface area contributed by atoms with Crippen LogP contribution in [0.25, 0.3) is 0 Å².